The third kappa shape index (κ3) is 3.70. The van der Waals surface area contributed by atoms with Crippen LogP contribution in [0.4, 0.5) is 5.69 Å². The molecule has 0 unspecified atom stereocenters. The Balaban J connectivity index is 1.38. The van der Waals surface area contributed by atoms with Crippen molar-refractivity contribution in [3.63, 3.8) is 0 Å². The molecule has 0 radical (unpaired) electrons. The van der Waals surface area contributed by atoms with Gasteiger partial charge in [0.25, 0.3) is 0 Å². The maximum atomic E-state index is 13.3. The second-order valence-corrected chi connectivity index (χ2v) is 8.20. The maximum absolute atomic E-state index is 13.3. The fraction of sp³-hybridized carbons (Fsp3) is 0.375. The highest BCUT2D eigenvalue weighted by molar-refractivity contribution is 5.95. The van der Waals surface area contributed by atoms with Crippen molar-refractivity contribution in [1.29, 1.82) is 0 Å². The number of nitrogens with zero attached hydrogens (tertiary/aromatic N) is 3. The minimum absolute atomic E-state index is 0.0774. The Bertz CT molecular complexity index is 1100. The molecule has 0 bridgehead atoms. The second kappa shape index (κ2) is 7.94. The number of imidazole rings is 1. The lowest BCUT2D eigenvalue weighted by molar-refractivity contribution is -0.122. The van der Waals surface area contributed by atoms with E-state index in [1.807, 2.05) is 51.9 Å². The van der Waals surface area contributed by atoms with Crippen molar-refractivity contribution < 1.29 is 9.59 Å². The molecule has 154 valence electrons. The molecule has 2 amide bonds. The number of rotatable bonds is 6. The van der Waals surface area contributed by atoms with Gasteiger partial charge in [-0.25, -0.2) is 4.98 Å². The molecule has 1 saturated carbocycles. The Hall–Kier alpha value is -3.15. The highest BCUT2D eigenvalue weighted by Crippen LogP contribution is 2.29. The molecule has 2 aromatic carbocycles. The Labute approximate surface area is 175 Å². The molecule has 0 saturated heterocycles. The van der Waals surface area contributed by atoms with Gasteiger partial charge in [0.05, 0.1) is 11.0 Å². The fourth-order valence-electron chi connectivity index (χ4n) is 4.29. The second-order valence-electron chi connectivity index (χ2n) is 8.20. The van der Waals surface area contributed by atoms with Crippen molar-refractivity contribution in [3.05, 3.63) is 59.9 Å². The number of hydrogen-bond donors (Lipinski definition) is 1. The minimum Gasteiger partial charge on any atom is -0.355 e. The van der Waals surface area contributed by atoms with Crippen LogP contribution in [0.2, 0.25) is 0 Å². The molecular weight excluding hydrogens is 376 g/mol. The number of carbonyl (C=O) groups is 2. The van der Waals surface area contributed by atoms with Gasteiger partial charge in [0.2, 0.25) is 11.8 Å². The normalized spacial score (nSPS) is 15.8. The fourth-order valence-corrected chi connectivity index (χ4v) is 4.29. The molecule has 6 nitrogen and oxygen atoms in total. The summed E-state index contributed by atoms with van der Waals surface area (Å²) in [5.41, 5.74) is 4.10. The number of anilines is 1. The summed E-state index contributed by atoms with van der Waals surface area (Å²) in [6.07, 6.45) is 4.59. The Morgan fingerprint density at radius 2 is 1.87 bits per heavy atom. The molecule has 2 aliphatic rings. The number of para-hydroxylation sites is 3. The number of amides is 2. The summed E-state index contributed by atoms with van der Waals surface area (Å²) in [6.45, 7) is 1.54. The first-order valence-electron chi connectivity index (χ1n) is 10.8. The summed E-state index contributed by atoms with van der Waals surface area (Å²) in [5, 5.41) is 3.01. The summed E-state index contributed by atoms with van der Waals surface area (Å²) in [5.74, 6) is 1.25. The molecule has 0 atom stereocenters. The van der Waals surface area contributed by atoms with E-state index >= 15 is 0 Å². The lowest BCUT2D eigenvalue weighted by atomic mass is 10.0. The lowest BCUT2D eigenvalue weighted by Crippen LogP contribution is -2.38. The lowest BCUT2D eigenvalue weighted by Gasteiger charge is -2.29. The zero-order valence-corrected chi connectivity index (χ0v) is 17.0. The third-order valence-corrected chi connectivity index (χ3v) is 6.03. The minimum atomic E-state index is 0.0774. The Morgan fingerprint density at radius 3 is 2.73 bits per heavy atom. The van der Waals surface area contributed by atoms with Crippen LogP contribution in [0.25, 0.3) is 11.0 Å². The van der Waals surface area contributed by atoms with Gasteiger partial charge in [-0.2, -0.15) is 0 Å². The average Bonchev–Trinajstić information content (AvgIpc) is 3.57. The molecule has 1 aromatic heterocycles. The van der Waals surface area contributed by atoms with Crippen LogP contribution >= 0.6 is 0 Å². The molecular formula is C24H26N4O2. The van der Waals surface area contributed by atoms with E-state index in [2.05, 4.69) is 11.4 Å². The third-order valence-electron chi connectivity index (χ3n) is 6.03. The van der Waals surface area contributed by atoms with Gasteiger partial charge in [-0.3, -0.25) is 9.59 Å². The monoisotopic (exact) mass is 402 g/mol. The molecule has 5 rings (SSSR count). The number of carbonyl (C=O) groups excluding carboxylic acids is 2. The van der Waals surface area contributed by atoms with Gasteiger partial charge >= 0.3 is 0 Å². The van der Waals surface area contributed by atoms with Crippen LogP contribution in [-0.2, 0) is 29.0 Å². The van der Waals surface area contributed by atoms with Gasteiger partial charge in [0, 0.05) is 31.1 Å². The molecule has 1 fully saturated rings. The average molecular weight is 402 g/mol. The Kier molecular flexibility index (Phi) is 4.99. The molecule has 1 aliphatic heterocycles. The predicted molar refractivity (Wildman–Crippen MR) is 116 cm³/mol. The van der Waals surface area contributed by atoms with Gasteiger partial charge in [0.15, 0.2) is 0 Å². The summed E-state index contributed by atoms with van der Waals surface area (Å²) >= 11 is 0. The number of aryl methyl sites for hydroxylation is 1. The van der Waals surface area contributed by atoms with E-state index in [-0.39, 0.29) is 24.3 Å². The van der Waals surface area contributed by atoms with Crippen molar-refractivity contribution in [1.82, 2.24) is 14.9 Å². The van der Waals surface area contributed by atoms with Gasteiger partial charge < -0.3 is 14.8 Å². The number of nitrogens with one attached hydrogen (secondary N) is 1. The van der Waals surface area contributed by atoms with Crippen molar-refractivity contribution in [3.8, 4) is 0 Å². The van der Waals surface area contributed by atoms with E-state index in [9.17, 15) is 9.59 Å². The van der Waals surface area contributed by atoms with Gasteiger partial charge in [0.1, 0.15) is 12.4 Å². The highest BCUT2D eigenvalue weighted by atomic mass is 16.2. The topological polar surface area (TPSA) is 67.2 Å². The zero-order valence-electron chi connectivity index (χ0n) is 17.0. The van der Waals surface area contributed by atoms with E-state index in [0.717, 1.165) is 54.8 Å². The van der Waals surface area contributed by atoms with E-state index in [1.54, 1.807) is 0 Å². The van der Waals surface area contributed by atoms with Gasteiger partial charge in [-0.1, -0.05) is 30.3 Å². The number of fused-ring (bicyclic) bond motifs is 2. The maximum Gasteiger partial charge on any atom is 0.246 e. The summed E-state index contributed by atoms with van der Waals surface area (Å²) in [7, 11) is 0. The number of hydrogen-bond acceptors (Lipinski definition) is 3. The Morgan fingerprint density at radius 1 is 1.07 bits per heavy atom. The molecule has 1 N–H and O–H groups in total. The van der Waals surface area contributed by atoms with Crippen molar-refractivity contribution >= 4 is 28.5 Å². The van der Waals surface area contributed by atoms with Crippen molar-refractivity contribution in [2.24, 2.45) is 5.92 Å². The molecule has 3 aromatic rings. The first-order valence-corrected chi connectivity index (χ1v) is 10.8. The summed E-state index contributed by atoms with van der Waals surface area (Å²) in [4.78, 5) is 31.9. The van der Waals surface area contributed by atoms with Crippen molar-refractivity contribution in [2.75, 3.05) is 18.0 Å². The van der Waals surface area contributed by atoms with Crippen LogP contribution in [0, 0.1) is 5.92 Å². The quantitative estimate of drug-likeness (QED) is 0.689. The predicted octanol–water partition coefficient (Wildman–Crippen LogP) is 3.08. The highest BCUT2D eigenvalue weighted by Gasteiger charge is 2.29. The molecule has 0 spiro atoms. The summed E-state index contributed by atoms with van der Waals surface area (Å²) < 4.78 is 2.01. The molecule has 6 heteroatoms. The van der Waals surface area contributed by atoms with Crippen molar-refractivity contribution in [2.45, 2.75) is 38.6 Å². The smallest absolute Gasteiger partial charge is 0.246 e. The largest absolute Gasteiger partial charge is 0.355 e. The number of benzene rings is 2. The number of aromatic nitrogens is 2. The summed E-state index contributed by atoms with van der Waals surface area (Å²) in [6, 6.07) is 16.1. The molecule has 2 heterocycles. The molecule has 30 heavy (non-hydrogen) atoms. The van der Waals surface area contributed by atoms with Crippen LogP contribution in [0.1, 0.15) is 30.7 Å². The van der Waals surface area contributed by atoms with E-state index in [1.165, 1.54) is 5.56 Å². The first-order chi connectivity index (χ1) is 14.7. The van der Waals surface area contributed by atoms with Crippen LogP contribution in [0.15, 0.2) is 48.5 Å². The van der Waals surface area contributed by atoms with Crippen LogP contribution in [-0.4, -0.2) is 34.5 Å². The first kappa shape index (κ1) is 18.9. The van der Waals surface area contributed by atoms with E-state index in [0.29, 0.717) is 13.0 Å². The van der Waals surface area contributed by atoms with Crippen LogP contribution < -0.4 is 10.2 Å². The van der Waals surface area contributed by atoms with E-state index < -0.39 is 0 Å². The van der Waals surface area contributed by atoms with Crippen LogP contribution in [0.5, 0.6) is 0 Å². The van der Waals surface area contributed by atoms with Gasteiger partial charge in [-0.05, 0) is 49.4 Å². The standard InChI is InChI=1S/C24H26N4O2/c29-23(27-15-5-7-17-6-1-3-9-20(17)27)16-28-21-10-4-2-8-19(21)26-22(28)13-14-25-24(30)18-11-12-18/h1-4,6,8-10,18H,5,7,11-16H2,(H,25,30). The zero-order chi connectivity index (χ0) is 20.5. The molecule has 1 aliphatic carbocycles. The van der Waals surface area contributed by atoms with E-state index in [4.69, 9.17) is 4.98 Å². The van der Waals surface area contributed by atoms with Crippen LogP contribution in [0.3, 0.4) is 0 Å². The van der Waals surface area contributed by atoms with Gasteiger partial charge in [-0.15, -0.1) is 0 Å². The SMILES string of the molecule is O=C(NCCc1nc2ccccc2n1CC(=O)N1CCCc2ccccc21)C1CC1.